The van der Waals surface area contributed by atoms with Crippen molar-refractivity contribution >= 4 is 27.3 Å². The molecule has 86 valence electrons. The topological polar surface area (TPSA) is 24.1 Å². The van der Waals surface area contributed by atoms with Gasteiger partial charge in [0.2, 0.25) is 0 Å². The molecule has 1 aromatic heterocycles. The summed E-state index contributed by atoms with van der Waals surface area (Å²) in [6.07, 6.45) is 0. The van der Waals surface area contributed by atoms with E-state index in [1.165, 1.54) is 9.35 Å². The van der Waals surface area contributed by atoms with Crippen LogP contribution in [0.25, 0.3) is 0 Å². The molecule has 4 heteroatoms. The number of nitrogens with one attached hydrogen (secondary N) is 2. The molecule has 0 aromatic carbocycles. The van der Waals surface area contributed by atoms with Gasteiger partial charge in [0.1, 0.15) is 0 Å². The summed E-state index contributed by atoms with van der Waals surface area (Å²) in [5.41, 5.74) is 0. The number of hydrogen-bond donors (Lipinski definition) is 2. The molecule has 1 aromatic rings. The normalized spacial score (nSPS) is 13.0. The van der Waals surface area contributed by atoms with E-state index < -0.39 is 0 Å². The van der Waals surface area contributed by atoms with E-state index in [0.717, 1.165) is 26.2 Å². The highest BCUT2D eigenvalue weighted by molar-refractivity contribution is 9.10. The van der Waals surface area contributed by atoms with Crippen molar-refractivity contribution in [1.29, 1.82) is 0 Å². The number of thiophene rings is 1. The molecular formula is C11H19BrN2S. The fraction of sp³-hybridized carbons (Fsp3) is 0.636. The lowest BCUT2D eigenvalue weighted by Gasteiger charge is -2.12. The minimum absolute atomic E-state index is 0.684. The molecule has 2 N–H and O–H groups in total. The number of hydrogen-bond acceptors (Lipinski definition) is 3. The minimum atomic E-state index is 0.684. The average Bonchev–Trinajstić information content (AvgIpc) is 2.61. The lowest BCUT2D eigenvalue weighted by atomic mass is 10.2. The first kappa shape index (κ1) is 13.2. The second kappa shape index (κ2) is 7.39. The van der Waals surface area contributed by atoms with Gasteiger partial charge < -0.3 is 10.6 Å². The van der Waals surface area contributed by atoms with Crippen LogP contribution in [0.3, 0.4) is 0 Å². The zero-order valence-corrected chi connectivity index (χ0v) is 11.7. The van der Waals surface area contributed by atoms with E-state index >= 15 is 0 Å². The first-order chi connectivity index (χ1) is 7.24. The monoisotopic (exact) mass is 290 g/mol. The van der Waals surface area contributed by atoms with E-state index in [-0.39, 0.29) is 0 Å². The molecule has 2 nitrogen and oxygen atoms in total. The molecule has 15 heavy (non-hydrogen) atoms. The summed E-state index contributed by atoms with van der Waals surface area (Å²) in [6.45, 7) is 8.59. The van der Waals surface area contributed by atoms with E-state index in [1.807, 2.05) is 0 Å². The van der Waals surface area contributed by atoms with Gasteiger partial charge in [-0.15, -0.1) is 11.3 Å². The summed E-state index contributed by atoms with van der Waals surface area (Å²) >= 11 is 5.33. The summed E-state index contributed by atoms with van der Waals surface area (Å²) in [4.78, 5) is 1.38. The third-order valence-corrected chi connectivity index (χ3v) is 4.14. The van der Waals surface area contributed by atoms with Crippen molar-refractivity contribution in [3.8, 4) is 0 Å². The van der Waals surface area contributed by atoms with Crippen molar-refractivity contribution in [3.63, 3.8) is 0 Å². The smallest absolute Gasteiger partial charge is 0.0327 e. The van der Waals surface area contributed by atoms with E-state index in [1.54, 1.807) is 11.3 Å². The van der Waals surface area contributed by atoms with Gasteiger partial charge in [0.05, 0.1) is 0 Å². The Balaban J connectivity index is 2.13. The van der Waals surface area contributed by atoms with Gasteiger partial charge in [-0.1, -0.05) is 13.8 Å². The number of rotatable bonds is 7. The molecule has 0 amide bonds. The van der Waals surface area contributed by atoms with Gasteiger partial charge in [0.25, 0.3) is 0 Å². The van der Waals surface area contributed by atoms with Crippen LogP contribution in [-0.4, -0.2) is 19.6 Å². The fourth-order valence-corrected chi connectivity index (χ4v) is 2.81. The van der Waals surface area contributed by atoms with Crippen LogP contribution in [0.1, 0.15) is 18.7 Å². The maximum atomic E-state index is 3.53. The Bertz CT molecular complexity index is 275. The van der Waals surface area contributed by atoms with Gasteiger partial charge in [-0.3, -0.25) is 0 Å². The zero-order valence-electron chi connectivity index (χ0n) is 9.35. The Labute approximate surface area is 105 Å². The van der Waals surface area contributed by atoms with Gasteiger partial charge in [-0.05, 0) is 52.9 Å². The molecule has 0 radical (unpaired) electrons. The highest BCUT2D eigenvalue weighted by Gasteiger charge is 2.03. The summed E-state index contributed by atoms with van der Waals surface area (Å²) in [5, 5.41) is 8.95. The second-order valence-electron chi connectivity index (χ2n) is 3.74. The van der Waals surface area contributed by atoms with Crippen molar-refractivity contribution in [2.45, 2.75) is 20.4 Å². The van der Waals surface area contributed by atoms with Crippen molar-refractivity contribution < 1.29 is 0 Å². The predicted molar refractivity (Wildman–Crippen MR) is 71.4 cm³/mol. The first-order valence-electron chi connectivity index (χ1n) is 5.37. The highest BCUT2D eigenvalue weighted by Crippen LogP contribution is 2.22. The molecule has 0 saturated carbocycles. The molecule has 1 atom stereocenters. The van der Waals surface area contributed by atoms with Crippen LogP contribution in [-0.2, 0) is 6.54 Å². The largest absolute Gasteiger partial charge is 0.317 e. The summed E-state index contributed by atoms with van der Waals surface area (Å²) in [5.74, 6) is 0.684. The maximum absolute atomic E-state index is 3.53. The van der Waals surface area contributed by atoms with Crippen LogP contribution in [0.5, 0.6) is 0 Å². The van der Waals surface area contributed by atoms with Gasteiger partial charge in [0, 0.05) is 15.9 Å². The number of halogens is 1. The van der Waals surface area contributed by atoms with Gasteiger partial charge in [-0.2, -0.15) is 0 Å². The SMILES string of the molecule is CCNCC(C)CNCc1sccc1Br. The third kappa shape index (κ3) is 5.11. The van der Waals surface area contributed by atoms with Crippen molar-refractivity contribution in [2.75, 3.05) is 19.6 Å². The van der Waals surface area contributed by atoms with Gasteiger partial charge >= 0.3 is 0 Å². The summed E-state index contributed by atoms with van der Waals surface area (Å²) in [7, 11) is 0. The van der Waals surface area contributed by atoms with Crippen LogP contribution >= 0.6 is 27.3 Å². The van der Waals surface area contributed by atoms with Crippen LogP contribution in [0.2, 0.25) is 0 Å². The van der Waals surface area contributed by atoms with Crippen LogP contribution in [0, 0.1) is 5.92 Å². The molecule has 0 fully saturated rings. The fourth-order valence-electron chi connectivity index (χ4n) is 1.35. The van der Waals surface area contributed by atoms with Crippen LogP contribution < -0.4 is 10.6 Å². The molecular weight excluding hydrogens is 272 g/mol. The Hall–Kier alpha value is 0.100. The quantitative estimate of drug-likeness (QED) is 0.807. The molecule has 0 saturated heterocycles. The lowest BCUT2D eigenvalue weighted by molar-refractivity contribution is 0.480. The molecule has 1 heterocycles. The van der Waals surface area contributed by atoms with E-state index in [9.17, 15) is 0 Å². The van der Waals surface area contributed by atoms with E-state index in [0.29, 0.717) is 5.92 Å². The molecule has 0 aliphatic carbocycles. The van der Waals surface area contributed by atoms with Crippen LogP contribution in [0.15, 0.2) is 15.9 Å². The Morgan fingerprint density at radius 3 is 2.73 bits per heavy atom. The Kier molecular flexibility index (Phi) is 6.48. The minimum Gasteiger partial charge on any atom is -0.317 e. The van der Waals surface area contributed by atoms with Crippen LogP contribution in [0.4, 0.5) is 0 Å². The molecule has 0 bridgehead atoms. The average molecular weight is 291 g/mol. The van der Waals surface area contributed by atoms with Gasteiger partial charge in [0.15, 0.2) is 0 Å². The molecule has 0 spiro atoms. The second-order valence-corrected chi connectivity index (χ2v) is 5.59. The lowest BCUT2D eigenvalue weighted by Crippen LogP contribution is -2.29. The molecule has 0 aliphatic heterocycles. The molecule has 1 rings (SSSR count). The van der Waals surface area contributed by atoms with Crippen molar-refractivity contribution in [2.24, 2.45) is 5.92 Å². The van der Waals surface area contributed by atoms with E-state index in [4.69, 9.17) is 0 Å². The predicted octanol–water partition coefficient (Wildman–Crippen LogP) is 2.85. The van der Waals surface area contributed by atoms with Gasteiger partial charge in [-0.25, -0.2) is 0 Å². The molecule has 0 aliphatic rings. The Morgan fingerprint density at radius 1 is 1.40 bits per heavy atom. The first-order valence-corrected chi connectivity index (χ1v) is 7.04. The zero-order chi connectivity index (χ0) is 11.1. The molecule has 1 unspecified atom stereocenters. The Morgan fingerprint density at radius 2 is 2.13 bits per heavy atom. The van der Waals surface area contributed by atoms with Crippen molar-refractivity contribution in [1.82, 2.24) is 10.6 Å². The van der Waals surface area contributed by atoms with E-state index in [2.05, 4.69) is 51.9 Å². The highest BCUT2D eigenvalue weighted by atomic mass is 79.9. The summed E-state index contributed by atoms with van der Waals surface area (Å²) in [6, 6.07) is 2.10. The van der Waals surface area contributed by atoms with Crippen molar-refractivity contribution in [3.05, 3.63) is 20.8 Å². The maximum Gasteiger partial charge on any atom is 0.0327 e. The third-order valence-electron chi connectivity index (χ3n) is 2.21. The summed E-state index contributed by atoms with van der Waals surface area (Å²) < 4.78 is 1.22. The standard InChI is InChI=1S/C11H19BrN2S/c1-3-13-6-9(2)7-14-8-11-10(12)4-5-15-11/h4-5,9,13-14H,3,6-8H2,1-2H3.